The van der Waals surface area contributed by atoms with Crippen LogP contribution in [0.3, 0.4) is 0 Å². The van der Waals surface area contributed by atoms with Crippen LogP contribution in [0, 0.1) is 19.8 Å². The Kier molecular flexibility index (Phi) is 4.43. The van der Waals surface area contributed by atoms with E-state index in [0.29, 0.717) is 13.1 Å². The van der Waals surface area contributed by atoms with Crippen molar-refractivity contribution in [1.29, 1.82) is 0 Å². The van der Waals surface area contributed by atoms with Gasteiger partial charge in [0.05, 0.1) is 11.6 Å². The summed E-state index contributed by atoms with van der Waals surface area (Å²) in [6, 6.07) is 17.9. The van der Waals surface area contributed by atoms with Crippen LogP contribution < -0.4 is 10.2 Å². The van der Waals surface area contributed by atoms with Crippen LogP contribution in [0.5, 0.6) is 0 Å². The van der Waals surface area contributed by atoms with E-state index in [0.717, 1.165) is 39.5 Å². The largest absolute Gasteiger partial charge is 0.355 e. The van der Waals surface area contributed by atoms with E-state index >= 15 is 0 Å². The maximum absolute atomic E-state index is 12.8. The molecule has 1 N–H and O–H groups in total. The Morgan fingerprint density at radius 3 is 2.57 bits per heavy atom. The van der Waals surface area contributed by atoms with Gasteiger partial charge in [0.25, 0.3) is 0 Å². The molecule has 1 saturated heterocycles. The molecule has 2 aromatic carbocycles. The number of hydrogen-bond acceptors (Lipinski definition) is 5. The second-order valence-corrected chi connectivity index (χ2v) is 7.69. The zero-order valence-electron chi connectivity index (χ0n) is 16.9. The molecule has 7 heteroatoms. The molecule has 5 rings (SSSR count). The highest BCUT2D eigenvalue weighted by Crippen LogP contribution is 2.27. The summed E-state index contributed by atoms with van der Waals surface area (Å²) in [5, 5.41) is 9.74. The number of carbonyl (C=O) groups excluding carboxylic acids is 1. The minimum atomic E-state index is -0.0731. The van der Waals surface area contributed by atoms with Gasteiger partial charge in [-0.1, -0.05) is 36.4 Å². The first-order valence-electron chi connectivity index (χ1n) is 9.98. The van der Waals surface area contributed by atoms with Crippen LogP contribution in [0.1, 0.15) is 11.4 Å². The number of anilines is 2. The fourth-order valence-corrected chi connectivity index (χ4v) is 3.89. The van der Waals surface area contributed by atoms with Crippen LogP contribution >= 0.6 is 0 Å². The maximum Gasteiger partial charge on any atom is 0.231 e. The number of nitrogens with one attached hydrogen (secondary N) is 1. The number of carbonyl (C=O) groups is 1. The number of amides is 1. The van der Waals surface area contributed by atoms with Gasteiger partial charge in [0.2, 0.25) is 5.91 Å². The number of rotatable bonds is 4. The summed E-state index contributed by atoms with van der Waals surface area (Å²) in [6.07, 6.45) is 1.55. The molecule has 0 unspecified atom stereocenters. The Balaban J connectivity index is 1.28. The molecule has 2 aromatic heterocycles. The van der Waals surface area contributed by atoms with Gasteiger partial charge in [-0.3, -0.25) is 4.79 Å². The van der Waals surface area contributed by atoms with E-state index in [2.05, 4.69) is 25.3 Å². The lowest BCUT2D eigenvalue weighted by Crippen LogP contribution is -2.52. The smallest absolute Gasteiger partial charge is 0.231 e. The molecule has 0 aliphatic carbocycles. The molecule has 1 aliphatic heterocycles. The number of nitrogens with zero attached hydrogens (tertiary/aromatic N) is 5. The lowest BCUT2D eigenvalue weighted by atomic mass is 9.98. The van der Waals surface area contributed by atoms with Gasteiger partial charge in [-0.2, -0.15) is 5.10 Å². The number of fused-ring (bicyclic) bond motifs is 1. The van der Waals surface area contributed by atoms with Gasteiger partial charge in [0.1, 0.15) is 12.1 Å². The molecule has 30 heavy (non-hydrogen) atoms. The van der Waals surface area contributed by atoms with Crippen LogP contribution in [0.25, 0.3) is 16.6 Å². The number of aryl methyl sites for hydroxylation is 2. The molecular formula is C23H22N6O. The molecule has 7 nitrogen and oxygen atoms in total. The summed E-state index contributed by atoms with van der Waals surface area (Å²) in [5.41, 5.74) is 2.82. The summed E-state index contributed by atoms with van der Waals surface area (Å²) < 4.78 is 1.81. The van der Waals surface area contributed by atoms with E-state index in [4.69, 9.17) is 0 Å². The Hall–Kier alpha value is -3.74. The van der Waals surface area contributed by atoms with E-state index in [1.807, 2.05) is 73.1 Å². The van der Waals surface area contributed by atoms with Crippen LogP contribution in [0.2, 0.25) is 0 Å². The predicted octanol–water partition coefficient (Wildman–Crippen LogP) is 3.51. The van der Waals surface area contributed by atoms with E-state index in [-0.39, 0.29) is 11.8 Å². The van der Waals surface area contributed by atoms with Crippen LogP contribution in [0.4, 0.5) is 11.5 Å². The maximum atomic E-state index is 12.8. The molecular weight excluding hydrogens is 376 g/mol. The van der Waals surface area contributed by atoms with Gasteiger partial charge in [0.15, 0.2) is 5.82 Å². The Morgan fingerprint density at radius 2 is 1.77 bits per heavy atom. The van der Waals surface area contributed by atoms with Crippen LogP contribution in [-0.2, 0) is 4.79 Å². The highest BCUT2D eigenvalue weighted by Gasteiger charge is 2.34. The van der Waals surface area contributed by atoms with Gasteiger partial charge < -0.3 is 10.2 Å². The average molecular weight is 398 g/mol. The third-order valence-corrected chi connectivity index (χ3v) is 5.49. The van der Waals surface area contributed by atoms with Crippen LogP contribution in [0.15, 0.2) is 60.9 Å². The molecule has 0 radical (unpaired) electrons. The molecule has 0 saturated carbocycles. The summed E-state index contributed by atoms with van der Waals surface area (Å²) in [6.45, 7) is 5.22. The third kappa shape index (κ3) is 3.28. The Bertz CT molecular complexity index is 1240. The van der Waals surface area contributed by atoms with Crippen molar-refractivity contribution in [1.82, 2.24) is 19.7 Å². The highest BCUT2D eigenvalue weighted by atomic mass is 16.2. The molecule has 1 amide bonds. The van der Waals surface area contributed by atoms with E-state index in [1.165, 1.54) is 0 Å². The molecule has 0 bridgehead atoms. The number of hydrogen-bond donors (Lipinski definition) is 1. The molecule has 1 fully saturated rings. The molecule has 4 aromatic rings. The highest BCUT2D eigenvalue weighted by molar-refractivity contribution is 6.03. The average Bonchev–Trinajstić information content (AvgIpc) is 3.05. The van der Waals surface area contributed by atoms with Crippen molar-refractivity contribution < 1.29 is 4.79 Å². The van der Waals surface area contributed by atoms with Gasteiger partial charge in [-0.05, 0) is 31.4 Å². The Labute approximate surface area is 174 Å². The number of aromatic nitrogens is 4. The minimum Gasteiger partial charge on any atom is -0.355 e. The summed E-state index contributed by atoms with van der Waals surface area (Å²) in [4.78, 5) is 23.6. The first-order chi connectivity index (χ1) is 14.6. The first-order valence-corrected chi connectivity index (χ1v) is 9.98. The zero-order valence-corrected chi connectivity index (χ0v) is 16.9. The van der Waals surface area contributed by atoms with Crippen LogP contribution in [-0.4, -0.2) is 38.7 Å². The summed E-state index contributed by atoms with van der Waals surface area (Å²) in [7, 11) is 0. The van der Waals surface area contributed by atoms with Gasteiger partial charge >= 0.3 is 0 Å². The predicted molar refractivity (Wildman–Crippen MR) is 117 cm³/mol. The topological polar surface area (TPSA) is 75.9 Å². The van der Waals surface area contributed by atoms with Crippen molar-refractivity contribution in [2.75, 3.05) is 23.3 Å². The summed E-state index contributed by atoms with van der Waals surface area (Å²) >= 11 is 0. The van der Waals surface area contributed by atoms with Gasteiger partial charge in [-0.25, -0.2) is 14.6 Å². The molecule has 150 valence electrons. The second-order valence-electron chi connectivity index (χ2n) is 7.69. The summed E-state index contributed by atoms with van der Waals surface area (Å²) in [5.74, 6) is 1.50. The lowest BCUT2D eigenvalue weighted by Gasteiger charge is -2.39. The van der Waals surface area contributed by atoms with E-state index in [9.17, 15) is 4.79 Å². The standard InChI is InChI=1S/C23H22N6O/c1-15-10-16(2)29(27-15)22-11-21(24-14-25-22)28-12-18(13-28)23(30)26-20-9-5-7-17-6-3-4-8-19(17)20/h3-11,14,18H,12-13H2,1-2H3,(H,26,30). The monoisotopic (exact) mass is 398 g/mol. The zero-order chi connectivity index (χ0) is 20.7. The van der Waals surface area contributed by atoms with Crippen molar-refractivity contribution in [2.45, 2.75) is 13.8 Å². The normalized spacial score (nSPS) is 14.0. The number of benzene rings is 2. The van der Waals surface area contributed by atoms with E-state index in [1.54, 1.807) is 6.33 Å². The third-order valence-electron chi connectivity index (χ3n) is 5.49. The van der Waals surface area contributed by atoms with Crippen molar-refractivity contribution in [3.05, 3.63) is 72.3 Å². The van der Waals surface area contributed by atoms with Crippen molar-refractivity contribution >= 4 is 28.2 Å². The minimum absolute atomic E-state index is 0.0374. The van der Waals surface area contributed by atoms with Gasteiger partial charge in [0, 0.05) is 35.9 Å². The van der Waals surface area contributed by atoms with E-state index < -0.39 is 0 Å². The van der Waals surface area contributed by atoms with Crippen molar-refractivity contribution in [3.63, 3.8) is 0 Å². The molecule has 0 atom stereocenters. The Morgan fingerprint density at radius 1 is 1.00 bits per heavy atom. The molecule has 3 heterocycles. The lowest BCUT2D eigenvalue weighted by molar-refractivity contribution is -0.120. The second kappa shape index (κ2) is 7.26. The fourth-order valence-electron chi connectivity index (χ4n) is 3.89. The van der Waals surface area contributed by atoms with Crippen molar-refractivity contribution in [2.24, 2.45) is 5.92 Å². The quantitative estimate of drug-likeness (QED) is 0.569. The van der Waals surface area contributed by atoms with Crippen molar-refractivity contribution in [3.8, 4) is 5.82 Å². The molecule has 0 spiro atoms. The van der Waals surface area contributed by atoms with Gasteiger partial charge in [-0.15, -0.1) is 0 Å². The molecule has 1 aliphatic rings. The fraction of sp³-hybridized carbons (Fsp3) is 0.217. The SMILES string of the molecule is Cc1cc(C)n(-c2cc(N3CC(C(=O)Nc4cccc5ccccc45)C3)ncn2)n1. The first kappa shape index (κ1) is 18.3.